The van der Waals surface area contributed by atoms with E-state index in [0.29, 0.717) is 18.3 Å². The highest BCUT2D eigenvalue weighted by molar-refractivity contribution is 7.99. The number of anilines is 1. The largest absolute Gasteiger partial charge is 0.385 e. The van der Waals surface area contributed by atoms with Crippen molar-refractivity contribution in [2.45, 2.75) is 56.3 Å². The van der Waals surface area contributed by atoms with Gasteiger partial charge in [-0.15, -0.1) is 5.10 Å². The Labute approximate surface area is 169 Å². The summed E-state index contributed by atoms with van der Waals surface area (Å²) < 4.78 is 6.63. The van der Waals surface area contributed by atoms with Crippen LogP contribution in [0, 0.1) is 0 Å². The van der Waals surface area contributed by atoms with Gasteiger partial charge in [-0.25, -0.2) is 9.89 Å². The number of methoxy groups -OCH3 is 1. The summed E-state index contributed by atoms with van der Waals surface area (Å²) in [5, 5.41) is 7.12. The standard InChI is InChI=1S/C20H28N4O3S/c1-27-14-8-13-23-19(26)21-22-20(23)28-15-18(25)24(16-9-4-2-5-10-16)17-11-6-3-7-12-17/h2,4-5,9-10,17H,3,6-8,11-15H2,1H3,(H,21,26). The summed E-state index contributed by atoms with van der Waals surface area (Å²) in [5.74, 6) is 0.307. The van der Waals surface area contributed by atoms with E-state index in [1.165, 1.54) is 18.2 Å². The fourth-order valence-corrected chi connectivity index (χ4v) is 4.49. The Hall–Kier alpha value is -2.06. The molecule has 0 aliphatic heterocycles. The van der Waals surface area contributed by atoms with Gasteiger partial charge in [0.25, 0.3) is 0 Å². The number of para-hydroxylation sites is 1. The summed E-state index contributed by atoms with van der Waals surface area (Å²) in [5.41, 5.74) is 0.692. The van der Waals surface area contributed by atoms with Crippen molar-refractivity contribution in [2.24, 2.45) is 0 Å². The van der Waals surface area contributed by atoms with Crippen LogP contribution in [0.1, 0.15) is 38.5 Å². The van der Waals surface area contributed by atoms with Crippen molar-refractivity contribution in [3.05, 3.63) is 40.8 Å². The first-order chi connectivity index (χ1) is 13.7. The van der Waals surface area contributed by atoms with Gasteiger partial charge in [-0.3, -0.25) is 9.36 Å². The number of carbonyl (C=O) groups is 1. The minimum atomic E-state index is -0.252. The molecule has 0 saturated heterocycles. The van der Waals surface area contributed by atoms with Crippen molar-refractivity contribution in [1.82, 2.24) is 14.8 Å². The molecule has 1 amide bonds. The van der Waals surface area contributed by atoms with Gasteiger partial charge in [-0.05, 0) is 31.4 Å². The monoisotopic (exact) mass is 404 g/mol. The molecular weight excluding hydrogens is 376 g/mol. The smallest absolute Gasteiger partial charge is 0.343 e. The first-order valence-corrected chi connectivity index (χ1v) is 10.8. The number of hydrogen-bond donors (Lipinski definition) is 1. The van der Waals surface area contributed by atoms with Gasteiger partial charge < -0.3 is 9.64 Å². The quantitative estimate of drug-likeness (QED) is 0.513. The molecule has 1 aliphatic carbocycles. The molecule has 1 saturated carbocycles. The highest BCUT2D eigenvalue weighted by Crippen LogP contribution is 2.28. The number of rotatable bonds is 9. The van der Waals surface area contributed by atoms with E-state index in [9.17, 15) is 9.59 Å². The second-order valence-corrected chi connectivity index (χ2v) is 7.93. The van der Waals surface area contributed by atoms with Crippen LogP contribution in [0.15, 0.2) is 40.3 Å². The molecule has 1 aliphatic rings. The highest BCUT2D eigenvalue weighted by atomic mass is 32.2. The SMILES string of the molecule is COCCCn1c(SCC(=O)N(c2ccccc2)C2CCCCC2)n[nH]c1=O. The van der Waals surface area contributed by atoms with Crippen LogP contribution in [0.4, 0.5) is 5.69 Å². The van der Waals surface area contributed by atoms with Crippen molar-refractivity contribution in [2.75, 3.05) is 24.4 Å². The molecule has 0 unspecified atom stereocenters. The predicted octanol–water partition coefficient (Wildman–Crippen LogP) is 3.07. The predicted molar refractivity (Wildman–Crippen MR) is 111 cm³/mol. The van der Waals surface area contributed by atoms with Gasteiger partial charge in [0.1, 0.15) is 0 Å². The lowest BCUT2D eigenvalue weighted by molar-refractivity contribution is -0.116. The molecule has 152 valence electrons. The molecule has 8 heteroatoms. The van der Waals surface area contributed by atoms with Gasteiger partial charge in [0.15, 0.2) is 5.16 Å². The Balaban J connectivity index is 1.70. The van der Waals surface area contributed by atoms with Crippen LogP contribution in [-0.4, -0.2) is 46.2 Å². The van der Waals surface area contributed by atoms with Gasteiger partial charge in [-0.1, -0.05) is 49.2 Å². The molecule has 1 N–H and O–H groups in total. The average molecular weight is 405 g/mol. The molecule has 0 radical (unpaired) electrons. The number of amides is 1. The Morgan fingerprint density at radius 1 is 1.29 bits per heavy atom. The van der Waals surface area contributed by atoms with E-state index in [1.807, 2.05) is 35.2 Å². The molecule has 1 aromatic carbocycles. The van der Waals surface area contributed by atoms with E-state index in [1.54, 1.807) is 11.7 Å². The second kappa shape index (κ2) is 10.5. The van der Waals surface area contributed by atoms with E-state index >= 15 is 0 Å². The minimum Gasteiger partial charge on any atom is -0.385 e. The normalized spacial score (nSPS) is 14.9. The van der Waals surface area contributed by atoms with Gasteiger partial charge in [0.05, 0.1) is 5.75 Å². The molecule has 1 aromatic heterocycles. The molecule has 0 spiro atoms. The van der Waals surface area contributed by atoms with Gasteiger partial charge in [0, 0.05) is 32.0 Å². The van der Waals surface area contributed by atoms with Crippen LogP contribution in [0.5, 0.6) is 0 Å². The van der Waals surface area contributed by atoms with E-state index < -0.39 is 0 Å². The molecule has 2 aromatic rings. The maximum Gasteiger partial charge on any atom is 0.343 e. The summed E-state index contributed by atoms with van der Waals surface area (Å²) in [6, 6.07) is 10.1. The number of carbonyl (C=O) groups excluding carboxylic acids is 1. The molecule has 0 bridgehead atoms. The molecule has 0 atom stereocenters. The summed E-state index contributed by atoms with van der Waals surface area (Å²) >= 11 is 1.31. The zero-order valence-corrected chi connectivity index (χ0v) is 17.1. The third-order valence-corrected chi connectivity index (χ3v) is 5.98. The zero-order chi connectivity index (χ0) is 19.8. The van der Waals surface area contributed by atoms with Crippen LogP contribution in [0.3, 0.4) is 0 Å². The maximum absolute atomic E-state index is 13.2. The minimum absolute atomic E-state index is 0.0574. The topological polar surface area (TPSA) is 80.2 Å². The van der Waals surface area contributed by atoms with Crippen molar-refractivity contribution in [3.8, 4) is 0 Å². The van der Waals surface area contributed by atoms with E-state index in [2.05, 4.69) is 10.2 Å². The van der Waals surface area contributed by atoms with Crippen molar-refractivity contribution >= 4 is 23.4 Å². The van der Waals surface area contributed by atoms with Crippen LogP contribution in [-0.2, 0) is 16.1 Å². The average Bonchev–Trinajstić information content (AvgIpc) is 3.08. The van der Waals surface area contributed by atoms with Crippen molar-refractivity contribution in [3.63, 3.8) is 0 Å². The molecule has 28 heavy (non-hydrogen) atoms. The maximum atomic E-state index is 13.2. The van der Waals surface area contributed by atoms with E-state index in [-0.39, 0.29) is 23.4 Å². The number of ether oxygens (including phenoxy) is 1. The molecule has 1 heterocycles. The fraction of sp³-hybridized carbons (Fsp3) is 0.550. The van der Waals surface area contributed by atoms with Gasteiger partial charge >= 0.3 is 5.69 Å². The zero-order valence-electron chi connectivity index (χ0n) is 16.3. The summed E-state index contributed by atoms with van der Waals surface area (Å²) in [4.78, 5) is 27.1. The van der Waals surface area contributed by atoms with Gasteiger partial charge in [0.2, 0.25) is 5.91 Å². The second-order valence-electron chi connectivity index (χ2n) is 6.99. The Kier molecular flexibility index (Phi) is 7.73. The number of nitrogens with one attached hydrogen (secondary N) is 1. The number of nitrogens with zero attached hydrogens (tertiary/aromatic N) is 3. The number of aromatic amines is 1. The lowest BCUT2D eigenvalue weighted by atomic mass is 9.93. The Morgan fingerprint density at radius 2 is 2.04 bits per heavy atom. The lowest BCUT2D eigenvalue weighted by Crippen LogP contribution is -2.42. The number of H-pyrrole nitrogens is 1. The van der Waals surface area contributed by atoms with Crippen LogP contribution in [0.25, 0.3) is 0 Å². The number of hydrogen-bond acceptors (Lipinski definition) is 5. The Bertz CT molecular complexity index is 799. The number of benzene rings is 1. The fourth-order valence-electron chi connectivity index (χ4n) is 3.66. The van der Waals surface area contributed by atoms with Crippen LogP contribution < -0.4 is 10.6 Å². The lowest BCUT2D eigenvalue weighted by Gasteiger charge is -2.34. The van der Waals surface area contributed by atoms with Crippen molar-refractivity contribution in [1.29, 1.82) is 0 Å². The molecular formula is C20H28N4O3S. The number of aromatic nitrogens is 3. The molecule has 7 nitrogen and oxygen atoms in total. The summed E-state index contributed by atoms with van der Waals surface area (Å²) in [6.45, 7) is 1.09. The van der Waals surface area contributed by atoms with E-state index in [0.717, 1.165) is 37.8 Å². The Morgan fingerprint density at radius 3 is 2.75 bits per heavy atom. The highest BCUT2D eigenvalue weighted by Gasteiger charge is 2.27. The third-order valence-electron chi connectivity index (χ3n) is 5.02. The van der Waals surface area contributed by atoms with Gasteiger partial charge in [-0.2, -0.15) is 0 Å². The first kappa shape index (κ1) is 20.7. The molecule has 1 fully saturated rings. The summed E-state index contributed by atoms with van der Waals surface area (Å²) in [6.07, 6.45) is 6.35. The third kappa shape index (κ3) is 5.26. The first-order valence-electron chi connectivity index (χ1n) is 9.84. The van der Waals surface area contributed by atoms with Crippen LogP contribution >= 0.6 is 11.8 Å². The number of thioether (sulfide) groups is 1. The summed E-state index contributed by atoms with van der Waals surface area (Å²) in [7, 11) is 1.63. The van der Waals surface area contributed by atoms with E-state index in [4.69, 9.17) is 4.74 Å². The molecule has 3 rings (SSSR count). The van der Waals surface area contributed by atoms with Crippen LogP contribution in [0.2, 0.25) is 0 Å². The van der Waals surface area contributed by atoms with Crippen molar-refractivity contribution < 1.29 is 9.53 Å².